The summed E-state index contributed by atoms with van der Waals surface area (Å²) in [6.45, 7) is 1.45. The van der Waals surface area contributed by atoms with Crippen LogP contribution in [0.25, 0.3) is 0 Å². The van der Waals surface area contributed by atoms with E-state index in [1.807, 2.05) is 0 Å². The molecule has 7 heteroatoms. The Hall–Kier alpha value is -1.99. The third-order valence-corrected chi connectivity index (χ3v) is 1.46. The number of carbonyl (C=O) groups is 1. The zero-order valence-corrected chi connectivity index (χ0v) is 9.07. The van der Waals surface area contributed by atoms with Crippen molar-refractivity contribution < 1.29 is 35.1 Å². The average Bonchev–Trinajstić information content (AvgIpc) is 2.24. The van der Waals surface area contributed by atoms with Crippen LogP contribution in [0.4, 0.5) is 0 Å². The first-order valence-electron chi connectivity index (χ1n) is 4.56. The molecule has 0 spiro atoms. The van der Waals surface area contributed by atoms with E-state index < -0.39 is 17.6 Å². The van der Waals surface area contributed by atoms with Gasteiger partial charge in [0.1, 0.15) is 5.75 Å². The van der Waals surface area contributed by atoms with Crippen molar-refractivity contribution in [2.75, 3.05) is 6.61 Å². The summed E-state index contributed by atoms with van der Waals surface area (Å²) in [7, 11) is 0. The molecule has 0 aliphatic carbocycles. The summed E-state index contributed by atoms with van der Waals surface area (Å²) in [4.78, 5) is 9.86. The van der Waals surface area contributed by atoms with E-state index in [9.17, 15) is 4.79 Å². The van der Waals surface area contributed by atoms with Gasteiger partial charge in [-0.25, -0.2) is 0 Å². The Morgan fingerprint density at radius 1 is 1.29 bits per heavy atom. The number of rotatable bonds is 3. The smallest absolute Gasteiger partial charge is 0.298 e. The molecule has 17 heavy (non-hydrogen) atoms. The Morgan fingerprint density at radius 2 is 1.71 bits per heavy atom. The Bertz CT molecular complexity index is 339. The Labute approximate surface area is 97.1 Å². The maximum atomic E-state index is 9.86. The van der Waals surface area contributed by atoms with Crippen LogP contribution in [0.3, 0.4) is 0 Å². The van der Waals surface area contributed by atoms with E-state index in [2.05, 4.69) is 4.74 Å². The topological polar surface area (TPSA) is 127 Å². The molecule has 5 N–H and O–H groups in total. The second-order valence-corrected chi connectivity index (χ2v) is 3.06. The predicted molar refractivity (Wildman–Crippen MR) is 56.9 cm³/mol. The predicted octanol–water partition coefficient (Wildman–Crippen LogP) is -0.302. The van der Waals surface area contributed by atoms with Gasteiger partial charge in [-0.1, -0.05) is 0 Å². The first-order valence-corrected chi connectivity index (χ1v) is 4.56. The molecule has 1 aromatic rings. The van der Waals surface area contributed by atoms with E-state index >= 15 is 0 Å². The van der Waals surface area contributed by atoms with Crippen molar-refractivity contribution in [1.82, 2.24) is 0 Å². The van der Waals surface area contributed by atoms with Crippen LogP contribution in [-0.2, 0) is 4.79 Å². The normalized spacial score (nSPS) is 11.0. The van der Waals surface area contributed by atoms with Crippen LogP contribution in [-0.4, -0.2) is 44.7 Å². The quantitative estimate of drug-likeness (QED) is 0.463. The summed E-state index contributed by atoms with van der Waals surface area (Å²) in [5.41, 5.74) is 0. The summed E-state index contributed by atoms with van der Waals surface area (Å²) in [6, 6.07) is 1.89. The van der Waals surface area contributed by atoms with Crippen LogP contribution in [0, 0.1) is 0 Å². The van der Waals surface area contributed by atoms with Crippen molar-refractivity contribution >= 4 is 6.47 Å². The first-order chi connectivity index (χ1) is 7.92. The molecule has 96 valence electrons. The minimum absolute atomic E-state index is 0.0613. The molecule has 0 bridgehead atoms. The van der Waals surface area contributed by atoms with Gasteiger partial charge in [-0.05, 0) is 6.92 Å². The molecule has 0 amide bonds. The van der Waals surface area contributed by atoms with Gasteiger partial charge in [0.25, 0.3) is 6.47 Å². The van der Waals surface area contributed by atoms with Gasteiger partial charge in [0.05, 0.1) is 12.7 Å². The van der Waals surface area contributed by atoms with Gasteiger partial charge in [0.2, 0.25) is 5.75 Å². The molecule has 0 aliphatic rings. The molecule has 1 atom stereocenters. The SMILES string of the molecule is CC(O)CO.O=COc1c(O)cc(O)cc1O. The van der Waals surface area contributed by atoms with Crippen LogP contribution in [0.2, 0.25) is 0 Å². The molecule has 1 aromatic carbocycles. The zero-order chi connectivity index (χ0) is 13.4. The van der Waals surface area contributed by atoms with E-state index in [0.29, 0.717) is 0 Å². The van der Waals surface area contributed by atoms with Gasteiger partial charge in [-0.3, -0.25) is 4.79 Å². The molecule has 7 nitrogen and oxygen atoms in total. The van der Waals surface area contributed by atoms with Gasteiger partial charge in [-0.2, -0.15) is 0 Å². The summed E-state index contributed by atoms with van der Waals surface area (Å²) in [5, 5.41) is 42.8. The molecular formula is C10H14O7. The fourth-order valence-electron chi connectivity index (χ4n) is 0.753. The van der Waals surface area contributed by atoms with Crippen molar-refractivity contribution in [3.05, 3.63) is 12.1 Å². The van der Waals surface area contributed by atoms with Crippen molar-refractivity contribution in [1.29, 1.82) is 0 Å². The fourth-order valence-corrected chi connectivity index (χ4v) is 0.753. The monoisotopic (exact) mass is 246 g/mol. The van der Waals surface area contributed by atoms with E-state index in [1.165, 1.54) is 6.92 Å². The summed E-state index contributed by atoms with van der Waals surface area (Å²) in [5.74, 6) is -1.69. The second kappa shape index (κ2) is 7.31. The van der Waals surface area contributed by atoms with Gasteiger partial charge in [-0.15, -0.1) is 0 Å². The number of hydrogen-bond donors (Lipinski definition) is 5. The molecule has 0 saturated carbocycles. The zero-order valence-electron chi connectivity index (χ0n) is 9.07. The standard InChI is InChI=1S/C7H6O5.C3H8O2/c8-3-12-7-5(10)1-4(9)2-6(7)11;1-3(5)2-4/h1-3,9-11H;3-5H,2H2,1H3. The largest absolute Gasteiger partial charge is 0.508 e. The number of aromatic hydroxyl groups is 3. The fraction of sp³-hybridized carbons (Fsp3) is 0.300. The maximum Gasteiger partial charge on any atom is 0.298 e. The van der Waals surface area contributed by atoms with Crippen molar-refractivity contribution in [2.45, 2.75) is 13.0 Å². The number of benzene rings is 1. The van der Waals surface area contributed by atoms with Crippen LogP contribution in [0.1, 0.15) is 6.92 Å². The summed E-state index contributed by atoms with van der Waals surface area (Å²) in [6.07, 6.45) is -0.560. The van der Waals surface area contributed by atoms with Gasteiger partial charge in [0, 0.05) is 12.1 Å². The van der Waals surface area contributed by atoms with Gasteiger partial charge in [0.15, 0.2) is 11.5 Å². The lowest BCUT2D eigenvalue weighted by atomic mass is 10.3. The van der Waals surface area contributed by atoms with Crippen LogP contribution < -0.4 is 4.74 Å². The number of aliphatic hydroxyl groups excluding tert-OH is 2. The molecule has 0 saturated heterocycles. The average molecular weight is 246 g/mol. The highest BCUT2D eigenvalue weighted by Gasteiger charge is 2.10. The lowest BCUT2D eigenvalue weighted by molar-refractivity contribution is -0.120. The Morgan fingerprint density at radius 3 is 2.00 bits per heavy atom. The number of aliphatic hydroxyl groups is 2. The summed E-state index contributed by atoms with van der Waals surface area (Å²) >= 11 is 0. The molecule has 1 unspecified atom stereocenters. The van der Waals surface area contributed by atoms with Crippen LogP contribution in [0.5, 0.6) is 23.0 Å². The van der Waals surface area contributed by atoms with E-state index in [0.717, 1.165) is 12.1 Å². The van der Waals surface area contributed by atoms with Gasteiger partial charge < -0.3 is 30.3 Å². The number of hydrogen-bond acceptors (Lipinski definition) is 7. The van der Waals surface area contributed by atoms with E-state index in [-0.39, 0.29) is 24.6 Å². The second-order valence-electron chi connectivity index (χ2n) is 3.06. The van der Waals surface area contributed by atoms with Crippen molar-refractivity contribution in [3.8, 4) is 23.0 Å². The summed E-state index contributed by atoms with van der Waals surface area (Å²) < 4.78 is 4.23. The maximum absolute atomic E-state index is 9.86. The van der Waals surface area contributed by atoms with Crippen molar-refractivity contribution in [2.24, 2.45) is 0 Å². The highest BCUT2D eigenvalue weighted by atomic mass is 16.5. The van der Waals surface area contributed by atoms with Gasteiger partial charge >= 0.3 is 0 Å². The molecule has 0 aliphatic heterocycles. The highest BCUT2D eigenvalue weighted by molar-refractivity contribution is 5.59. The molecule has 0 fully saturated rings. The van der Waals surface area contributed by atoms with E-state index in [4.69, 9.17) is 25.5 Å². The molecule has 0 aromatic heterocycles. The molecule has 0 radical (unpaired) electrons. The minimum atomic E-state index is -0.560. The third kappa shape index (κ3) is 5.59. The van der Waals surface area contributed by atoms with E-state index in [1.54, 1.807) is 0 Å². The number of ether oxygens (including phenoxy) is 1. The number of phenols is 3. The Kier molecular flexibility index (Phi) is 6.46. The molecule has 0 heterocycles. The molecule has 1 rings (SSSR count). The third-order valence-electron chi connectivity index (χ3n) is 1.46. The number of phenolic OH excluding ortho intramolecular Hbond substituents is 3. The van der Waals surface area contributed by atoms with Crippen LogP contribution in [0.15, 0.2) is 12.1 Å². The highest BCUT2D eigenvalue weighted by Crippen LogP contribution is 2.38. The van der Waals surface area contributed by atoms with Crippen LogP contribution >= 0.6 is 0 Å². The lowest BCUT2D eigenvalue weighted by Gasteiger charge is -2.03. The Balaban J connectivity index is 0.000000437. The minimum Gasteiger partial charge on any atom is -0.508 e. The first kappa shape index (κ1) is 15.0. The van der Waals surface area contributed by atoms with Crippen molar-refractivity contribution in [3.63, 3.8) is 0 Å². The number of carbonyl (C=O) groups excluding carboxylic acids is 1. The molecular weight excluding hydrogens is 232 g/mol. The lowest BCUT2D eigenvalue weighted by Crippen LogP contribution is -2.03.